The molecule has 2 aromatic rings. The Morgan fingerprint density at radius 3 is 2.86 bits per heavy atom. The van der Waals surface area contributed by atoms with Gasteiger partial charge in [0.1, 0.15) is 10.7 Å². The summed E-state index contributed by atoms with van der Waals surface area (Å²) in [5.74, 6) is 0.119. The maximum absolute atomic E-state index is 12.4. The fraction of sp³-hybridized carbons (Fsp3) is 0.357. The number of rotatable bonds is 5. The molecule has 6 nitrogen and oxygen atoms in total. The molecule has 0 spiro atoms. The average molecular weight is 305 g/mol. The fourth-order valence-corrected chi connectivity index (χ4v) is 2.80. The molecule has 7 heteroatoms. The molecule has 2 aromatic heterocycles. The van der Waals surface area contributed by atoms with Gasteiger partial charge in [0.2, 0.25) is 0 Å². The van der Waals surface area contributed by atoms with Crippen LogP contribution in [0.25, 0.3) is 0 Å². The number of carbonyl (C=O) groups is 1. The number of nitrogens with two attached hydrogens (primary N) is 1. The molecule has 0 aliphatic heterocycles. The first-order valence-electron chi connectivity index (χ1n) is 6.65. The van der Waals surface area contributed by atoms with E-state index >= 15 is 0 Å². The molecule has 0 aliphatic carbocycles. The van der Waals surface area contributed by atoms with Crippen molar-refractivity contribution in [3.05, 3.63) is 35.0 Å². The molecule has 112 valence electrons. The van der Waals surface area contributed by atoms with Gasteiger partial charge in [-0.25, -0.2) is 4.98 Å². The first kappa shape index (κ1) is 15.2. The number of aromatic nitrogens is 2. The van der Waals surface area contributed by atoms with Gasteiger partial charge < -0.3 is 16.0 Å². The van der Waals surface area contributed by atoms with Gasteiger partial charge in [-0.15, -0.1) is 0 Å². The highest BCUT2D eigenvalue weighted by atomic mass is 32.1. The molecule has 0 bridgehead atoms. The fourth-order valence-electron chi connectivity index (χ4n) is 1.77. The van der Waals surface area contributed by atoms with E-state index in [0.29, 0.717) is 16.6 Å². The molecule has 0 saturated heterocycles. The Labute approximate surface area is 128 Å². The third-order valence-electron chi connectivity index (χ3n) is 2.73. The van der Waals surface area contributed by atoms with E-state index in [1.807, 2.05) is 32.0 Å². The highest BCUT2D eigenvalue weighted by molar-refractivity contribution is 7.18. The lowest BCUT2D eigenvalue weighted by molar-refractivity contribution is 0.0789. The topological polar surface area (TPSA) is 84.1 Å². The van der Waals surface area contributed by atoms with Gasteiger partial charge in [0.25, 0.3) is 5.91 Å². The van der Waals surface area contributed by atoms with E-state index in [1.165, 1.54) is 11.3 Å². The Kier molecular flexibility index (Phi) is 4.74. The van der Waals surface area contributed by atoms with Crippen molar-refractivity contribution in [2.24, 2.45) is 0 Å². The van der Waals surface area contributed by atoms with Crippen LogP contribution in [0.2, 0.25) is 0 Å². The molecule has 2 heterocycles. The normalized spacial score (nSPS) is 10.7. The maximum Gasteiger partial charge on any atom is 0.267 e. The first-order valence-corrected chi connectivity index (χ1v) is 7.47. The van der Waals surface area contributed by atoms with Crippen molar-refractivity contribution in [1.82, 2.24) is 14.9 Å². The molecule has 0 unspecified atom stereocenters. The van der Waals surface area contributed by atoms with E-state index in [1.54, 1.807) is 18.1 Å². The van der Waals surface area contributed by atoms with Gasteiger partial charge in [0, 0.05) is 19.3 Å². The number of amides is 1. The second-order valence-corrected chi connectivity index (χ2v) is 6.01. The number of hydrogen-bond donors (Lipinski definition) is 2. The standard InChI is InChI=1S/C14H19N5OS/c1-9(2)17-14-18-12(15)11(21-14)13(20)19(3)8-10-6-4-5-7-16-10/h4-7,9H,8,15H2,1-3H3,(H,17,18). The number of nitrogen functional groups attached to an aromatic ring is 1. The molecule has 21 heavy (non-hydrogen) atoms. The summed E-state index contributed by atoms with van der Waals surface area (Å²) in [7, 11) is 1.73. The quantitative estimate of drug-likeness (QED) is 0.885. The van der Waals surface area contributed by atoms with E-state index in [-0.39, 0.29) is 17.8 Å². The summed E-state index contributed by atoms with van der Waals surface area (Å²) in [6.45, 7) is 4.45. The largest absolute Gasteiger partial charge is 0.382 e. The monoisotopic (exact) mass is 305 g/mol. The highest BCUT2D eigenvalue weighted by Crippen LogP contribution is 2.26. The molecular formula is C14H19N5OS. The van der Waals surface area contributed by atoms with Gasteiger partial charge in [-0.1, -0.05) is 17.4 Å². The third kappa shape index (κ3) is 3.91. The van der Waals surface area contributed by atoms with Crippen molar-refractivity contribution in [1.29, 1.82) is 0 Å². The molecule has 0 saturated carbocycles. The van der Waals surface area contributed by atoms with Gasteiger partial charge in [-0.05, 0) is 26.0 Å². The summed E-state index contributed by atoms with van der Waals surface area (Å²) in [5.41, 5.74) is 6.68. The van der Waals surface area contributed by atoms with E-state index in [0.717, 1.165) is 5.69 Å². The molecule has 0 radical (unpaired) electrons. The molecule has 0 aliphatic rings. The van der Waals surface area contributed by atoms with Crippen LogP contribution in [0.5, 0.6) is 0 Å². The number of nitrogens with one attached hydrogen (secondary N) is 1. The van der Waals surface area contributed by atoms with Crippen LogP contribution >= 0.6 is 11.3 Å². The highest BCUT2D eigenvalue weighted by Gasteiger charge is 2.20. The van der Waals surface area contributed by atoms with Gasteiger partial charge in [-0.2, -0.15) is 0 Å². The molecule has 0 fully saturated rings. The summed E-state index contributed by atoms with van der Waals surface area (Å²) in [4.78, 5) is 22.9. The van der Waals surface area contributed by atoms with Crippen LogP contribution in [0, 0.1) is 0 Å². The summed E-state index contributed by atoms with van der Waals surface area (Å²) >= 11 is 1.28. The van der Waals surface area contributed by atoms with Crippen molar-refractivity contribution in [3.8, 4) is 0 Å². The lowest BCUT2D eigenvalue weighted by atomic mass is 10.3. The Balaban J connectivity index is 2.10. The zero-order valence-electron chi connectivity index (χ0n) is 12.3. The predicted octanol–water partition coefficient (Wildman–Crippen LogP) is 2.21. The van der Waals surface area contributed by atoms with Gasteiger partial charge >= 0.3 is 0 Å². The van der Waals surface area contributed by atoms with Crippen molar-refractivity contribution in [3.63, 3.8) is 0 Å². The lowest BCUT2D eigenvalue weighted by Crippen LogP contribution is -2.26. The lowest BCUT2D eigenvalue weighted by Gasteiger charge is -2.15. The van der Waals surface area contributed by atoms with Crippen LogP contribution < -0.4 is 11.1 Å². The molecular weight excluding hydrogens is 286 g/mol. The van der Waals surface area contributed by atoms with Crippen molar-refractivity contribution < 1.29 is 4.79 Å². The number of thiazole rings is 1. The van der Waals surface area contributed by atoms with Crippen LogP contribution in [0.4, 0.5) is 10.9 Å². The van der Waals surface area contributed by atoms with Crippen LogP contribution in [0.3, 0.4) is 0 Å². The van der Waals surface area contributed by atoms with Crippen molar-refractivity contribution in [2.75, 3.05) is 18.1 Å². The van der Waals surface area contributed by atoms with Crippen LogP contribution in [-0.4, -0.2) is 33.9 Å². The van der Waals surface area contributed by atoms with Crippen LogP contribution in [-0.2, 0) is 6.54 Å². The Hall–Kier alpha value is -2.15. The van der Waals surface area contributed by atoms with E-state index in [4.69, 9.17) is 5.73 Å². The van der Waals surface area contributed by atoms with E-state index < -0.39 is 0 Å². The summed E-state index contributed by atoms with van der Waals surface area (Å²) in [5, 5.41) is 3.82. The van der Waals surface area contributed by atoms with Crippen molar-refractivity contribution in [2.45, 2.75) is 26.4 Å². The van der Waals surface area contributed by atoms with Gasteiger partial charge in [-0.3, -0.25) is 9.78 Å². The molecule has 3 N–H and O–H groups in total. The molecule has 1 amide bonds. The number of pyridine rings is 1. The third-order valence-corrected chi connectivity index (χ3v) is 3.72. The van der Waals surface area contributed by atoms with Crippen molar-refractivity contribution >= 4 is 28.2 Å². The SMILES string of the molecule is CC(C)Nc1nc(N)c(C(=O)N(C)Cc2ccccn2)s1. The van der Waals surface area contributed by atoms with E-state index in [2.05, 4.69) is 15.3 Å². The minimum absolute atomic E-state index is 0.146. The molecule has 0 atom stereocenters. The summed E-state index contributed by atoms with van der Waals surface area (Å²) in [6.07, 6.45) is 1.71. The summed E-state index contributed by atoms with van der Waals surface area (Å²) in [6, 6.07) is 5.86. The smallest absolute Gasteiger partial charge is 0.267 e. The van der Waals surface area contributed by atoms with Crippen LogP contribution in [0.1, 0.15) is 29.2 Å². The zero-order valence-corrected chi connectivity index (χ0v) is 13.1. The second kappa shape index (κ2) is 6.53. The van der Waals surface area contributed by atoms with Crippen LogP contribution in [0.15, 0.2) is 24.4 Å². The Bertz CT molecular complexity index is 611. The summed E-state index contributed by atoms with van der Waals surface area (Å²) < 4.78 is 0. The zero-order chi connectivity index (χ0) is 15.4. The number of carbonyl (C=O) groups excluding carboxylic acids is 1. The molecule has 0 aromatic carbocycles. The second-order valence-electron chi connectivity index (χ2n) is 5.01. The van der Waals surface area contributed by atoms with E-state index in [9.17, 15) is 4.79 Å². The number of hydrogen-bond acceptors (Lipinski definition) is 6. The van der Waals surface area contributed by atoms with Gasteiger partial charge in [0.15, 0.2) is 5.13 Å². The minimum Gasteiger partial charge on any atom is -0.382 e. The number of nitrogens with zero attached hydrogens (tertiary/aromatic N) is 3. The average Bonchev–Trinajstić information content (AvgIpc) is 2.78. The minimum atomic E-state index is -0.146. The maximum atomic E-state index is 12.4. The molecule has 2 rings (SSSR count). The van der Waals surface area contributed by atoms with Gasteiger partial charge in [0.05, 0.1) is 12.2 Å². The predicted molar refractivity (Wildman–Crippen MR) is 85.3 cm³/mol. The first-order chi connectivity index (χ1) is 9.97. The Morgan fingerprint density at radius 2 is 2.24 bits per heavy atom. The Morgan fingerprint density at radius 1 is 1.48 bits per heavy atom. The number of anilines is 2.